The molecule has 2 aromatic carbocycles. The van der Waals surface area contributed by atoms with E-state index in [1.54, 1.807) is 19.1 Å². The lowest BCUT2D eigenvalue weighted by Crippen LogP contribution is -2.47. The lowest BCUT2D eigenvalue weighted by molar-refractivity contribution is -0.160. The van der Waals surface area contributed by atoms with Crippen LogP contribution in [0.15, 0.2) is 60.7 Å². The molecule has 39 heavy (non-hydrogen) atoms. The van der Waals surface area contributed by atoms with Gasteiger partial charge in [0.2, 0.25) is 5.91 Å². The number of esters is 2. The Hall–Kier alpha value is -3.15. The Balaban J connectivity index is 1.92. The first kappa shape index (κ1) is 32.1. The maximum Gasteiger partial charge on any atom is 0.332 e. The highest BCUT2D eigenvalue weighted by molar-refractivity contribution is 5.86. The molecule has 0 saturated heterocycles. The number of hydrogen-bond donors (Lipinski definition) is 1. The minimum atomic E-state index is -1.15. The SMILES string of the molecule is CCCCCCCCCCCCCC(=O)OC(c1ccccc1)C(NC(=O)Cc1ccccc1)C(=O)OCC. The third kappa shape index (κ3) is 13.5. The van der Waals surface area contributed by atoms with E-state index in [-0.39, 0.29) is 31.3 Å². The average Bonchev–Trinajstić information content (AvgIpc) is 2.94. The second-order valence-electron chi connectivity index (χ2n) is 10.1. The molecule has 6 heteroatoms. The predicted molar refractivity (Wildman–Crippen MR) is 155 cm³/mol. The number of carbonyl (C=O) groups is 3. The summed E-state index contributed by atoms with van der Waals surface area (Å²) in [7, 11) is 0. The molecule has 0 bridgehead atoms. The summed E-state index contributed by atoms with van der Waals surface area (Å²) in [5.74, 6) is -1.36. The maximum atomic E-state index is 13.0. The van der Waals surface area contributed by atoms with Gasteiger partial charge in [0, 0.05) is 6.42 Å². The Bertz CT molecular complexity index is 947. The second-order valence-corrected chi connectivity index (χ2v) is 10.1. The van der Waals surface area contributed by atoms with Gasteiger partial charge in [-0.25, -0.2) is 4.79 Å². The van der Waals surface area contributed by atoms with E-state index in [1.165, 1.54) is 51.4 Å². The van der Waals surface area contributed by atoms with Gasteiger partial charge < -0.3 is 14.8 Å². The first-order chi connectivity index (χ1) is 19.0. The van der Waals surface area contributed by atoms with Crippen molar-refractivity contribution in [3.8, 4) is 0 Å². The van der Waals surface area contributed by atoms with Gasteiger partial charge in [-0.2, -0.15) is 0 Å². The minimum absolute atomic E-state index is 0.102. The van der Waals surface area contributed by atoms with Crippen molar-refractivity contribution in [2.24, 2.45) is 0 Å². The topological polar surface area (TPSA) is 81.7 Å². The Kier molecular flexibility index (Phi) is 16.3. The van der Waals surface area contributed by atoms with Crippen LogP contribution < -0.4 is 5.32 Å². The fourth-order valence-corrected chi connectivity index (χ4v) is 4.60. The molecule has 214 valence electrons. The quantitative estimate of drug-likeness (QED) is 0.142. The van der Waals surface area contributed by atoms with E-state index >= 15 is 0 Å². The molecule has 2 unspecified atom stereocenters. The summed E-state index contributed by atoms with van der Waals surface area (Å²) in [6, 6.07) is 17.2. The van der Waals surface area contributed by atoms with E-state index in [0.29, 0.717) is 5.56 Å². The molecule has 6 nitrogen and oxygen atoms in total. The zero-order valence-corrected chi connectivity index (χ0v) is 23.9. The van der Waals surface area contributed by atoms with Crippen LogP contribution in [0.2, 0.25) is 0 Å². The molecule has 0 radical (unpaired) electrons. The van der Waals surface area contributed by atoms with Crippen molar-refractivity contribution in [2.45, 2.75) is 109 Å². The highest BCUT2D eigenvalue weighted by Crippen LogP contribution is 2.24. The number of rotatable bonds is 20. The summed E-state index contributed by atoms with van der Waals surface area (Å²) < 4.78 is 11.1. The van der Waals surface area contributed by atoms with Crippen molar-refractivity contribution in [2.75, 3.05) is 6.61 Å². The Labute approximate surface area is 234 Å². The summed E-state index contributed by atoms with van der Waals surface area (Å²) in [5.41, 5.74) is 1.45. The van der Waals surface area contributed by atoms with Crippen molar-refractivity contribution in [3.63, 3.8) is 0 Å². The molecule has 0 saturated carbocycles. The summed E-state index contributed by atoms with van der Waals surface area (Å²) in [6.07, 6.45) is 12.5. The molecule has 0 aliphatic rings. The molecule has 0 fully saturated rings. The zero-order chi connectivity index (χ0) is 28.1. The van der Waals surface area contributed by atoms with Gasteiger partial charge in [0.05, 0.1) is 13.0 Å². The van der Waals surface area contributed by atoms with E-state index in [1.807, 2.05) is 48.5 Å². The van der Waals surface area contributed by atoms with Gasteiger partial charge in [0.25, 0.3) is 0 Å². The van der Waals surface area contributed by atoms with Gasteiger partial charge in [0.15, 0.2) is 12.1 Å². The first-order valence-electron chi connectivity index (χ1n) is 14.8. The number of amides is 1. The molecular formula is C33H47NO5. The summed E-state index contributed by atoms with van der Waals surface area (Å²) in [4.78, 5) is 38.7. The van der Waals surface area contributed by atoms with Crippen LogP contribution in [-0.4, -0.2) is 30.5 Å². The van der Waals surface area contributed by atoms with Gasteiger partial charge in [-0.15, -0.1) is 0 Å². The second kappa shape index (κ2) is 19.9. The highest BCUT2D eigenvalue weighted by atomic mass is 16.6. The van der Waals surface area contributed by atoms with Gasteiger partial charge >= 0.3 is 11.9 Å². The van der Waals surface area contributed by atoms with Crippen LogP contribution in [0, 0.1) is 0 Å². The van der Waals surface area contributed by atoms with Crippen molar-refractivity contribution in [3.05, 3.63) is 71.8 Å². The molecule has 2 aromatic rings. The monoisotopic (exact) mass is 537 g/mol. The average molecular weight is 538 g/mol. The molecule has 0 aliphatic heterocycles. The number of hydrogen-bond acceptors (Lipinski definition) is 5. The molecule has 2 atom stereocenters. The lowest BCUT2D eigenvalue weighted by atomic mass is 10.0. The normalized spacial score (nSPS) is 12.4. The van der Waals surface area contributed by atoms with Gasteiger partial charge in [-0.05, 0) is 24.5 Å². The number of benzene rings is 2. The fourth-order valence-electron chi connectivity index (χ4n) is 4.60. The van der Waals surface area contributed by atoms with Crippen LogP contribution in [0.1, 0.15) is 108 Å². The van der Waals surface area contributed by atoms with Crippen LogP contribution >= 0.6 is 0 Å². The standard InChI is InChI=1S/C33H47NO5/c1-3-5-6-7-8-9-10-11-12-13-20-25-30(36)39-32(28-23-18-15-19-24-28)31(33(37)38-4-2)34-29(35)26-27-21-16-14-17-22-27/h14-19,21-24,31-32H,3-13,20,25-26H2,1-2H3,(H,34,35). The Morgan fingerprint density at radius 2 is 1.26 bits per heavy atom. The third-order valence-corrected chi connectivity index (χ3v) is 6.74. The smallest absolute Gasteiger partial charge is 0.332 e. The Morgan fingerprint density at radius 1 is 0.718 bits per heavy atom. The molecule has 0 spiro atoms. The number of ether oxygens (including phenoxy) is 2. The van der Waals surface area contributed by atoms with Gasteiger partial charge in [-0.3, -0.25) is 9.59 Å². The van der Waals surface area contributed by atoms with Crippen LogP contribution in [0.4, 0.5) is 0 Å². The molecule has 0 heterocycles. The summed E-state index contributed by atoms with van der Waals surface area (Å²) >= 11 is 0. The predicted octanol–water partition coefficient (Wildman–Crippen LogP) is 7.26. The van der Waals surface area contributed by atoms with Gasteiger partial charge in [0.1, 0.15) is 0 Å². The van der Waals surface area contributed by atoms with E-state index in [0.717, 1.165) is 24.8 Å². The molecule has 0 aliphatic carbocycles. The van der Waals surface area contributed by atoms with E-state index < -0.39 is 18.1 Å². The molecular weight excluding hydrogens is 490 g/mol. The zero-order valence-electron chi connectivity index (χ0n) is 23.9. The van der Waals surface area contributed by atoms with Crippen molar-refractivity contribution < 1.29 is 23.9 Å². The number of unbranched alkanes of at least 4 members (excludes halogenated alkanes) is 10. The highest BCUT2D eigenvalue weighted by Gasteiger charge is 2.35. The first-order valence-corrected chi connectivity index (χ1v) is 14.8. The number of nitrogens with one attached hydrogen (secondary N) is 1. The number of carbonyl (C=O) groups excluding carboxylic acids is 3. The van der Waals surface area contributed by atoms with Crippen molar-refractivity contribution in [1.82, 2.24) is 5.32 Å². The van der Waals surface area contributed by atoms with Crippen LogP contribution in [-0.2, 0) is 30.3 Å². The molecule has 2 rings (SSSR count). The van der Waals surface area contributed by atoms with Gasteiger partial charge in [-0.1, -0.05) is 132 Å². The minimum Gasteiger partial charge on any atom is -0.464 e. The molecule has 1 amide bonds. The maximum absolute atomic E-state index is 13.0. The van der Waals surface area contributed by atoms with Crippen molar-refractivity contribution >= 4 is 17.8 Å². The van der Waals surface area contributed by atoms with E-state index in [9.17, 15) is 14.4 Å². The van der Waals surface area contributed by atoms with Crippen LogP contribution in [0.25, 0.3) is 0 Å². The molecule has 1 N–H and O–H groups in total. The fraction of sp³-hybridized carbons (Fsp3) is 0.545. The largest absolute Gasteiger partial charge is 0.464 e. The van der Waals surface area contributed by atoms with Crippen LogP contribution in [0.5, 0.6) is 0 Å². The summed E-state index contributed by atoms with van der Waals surface area (Å²) in [5, 5.41) is 2.78. The summed E-state index contributed by atoms with van der Waals surface area (Å²) in [6.45, 7) is 4.09. The Morgan fingerprint density at radius 3 is 1.82 bits per heavy atom. The van der Waals surface area contributed by atoms with E-state index in [2.05, 4.69) is 12.2 Å². The lowest BCUT2D eigenvalue weighted by Gasteiger charge is -2.27. The van der Waals surface area contributed by atoms with E-state index in [4.69, 9.17) is 9.47 Å². The third-order valence-electron chi connectivity index (χ3n) is 6.74. The van der Waals surface area contributed by atoms with Crippen LogP contribution in [0.3, 0.4) is 0 Å². The molecule has 0 aromatic heterocycles. The van der Waals surface area contributed by atoms with Crippen molar-refractivity contribution in [1.29, 1.82) is 0 Å².